The van der Waals surface area contributed by atoms with E-state index in [9.17, 15) is 43.2 Å². The molecule has 5 atom stereocenters. The van der Waals surface area contributed by atoms with Crippen molar-refractivity contribution in [2.24, 2.45) is 0 Å². The summed E-state index contributed by atoms with van der Waals surface area (Å²) in [5.74, 6) is -2.14. The molecule has 17 nitrogen and oxygen atoms in total. The second kappa shape index (κ2) is 55.3. The highest BCUT2D eigenvalue weighted by molar-refractivity contribution is 7.47. The van der Waals surface area contributed by atoms with Crippen molar-refractivity contribution in [2.75, 3.05) is 39.6 Å². The molecule has 79 heavy (non-hydrogen) atoms. The van der Waals surface area contributed by atoms with Crippen LogP contribution in [0.15, 0.2) is 0 Å². The number of phosphoric ester groups is 2. The molecule has 0 aromatic carbocycles. The van der Waals surface area contributed by atoms with Crippen LogP contribution in [0.2, 0.25) is 0 Å². The number of phosphoric acid groups is 2. The summed E-state index contributed by atoms with van der Waals surface area (Å²) < 4.78 is 67.7. The Kier molecular flexibility index (Phi) is 53.9. The Morgan fingerprint density at radius 2 is 0.506 bits per heavy atom. The van der Waals surface area contributed by atoms with E-state index in [1.807, 2.05) is 0 Å². The van der Waals surface area contributed by atoms with Gasteiger partial charge in [0.25, 0.3) is 0 Å². The number of rotatable bonds is 61. The molecule has 0 saturated heterocycles. The second-order valence-electron chi connectivity index (χ2n) is 21.7. The summed E-state index contributed by atoms with van der Waals surface area (Å²) in [6.45, 7) is 4.82. The largest absolute Gasteiger partial charge is 0.472 e. The van der Waals surface area contributed by atoms with Crippen molar-refractivity contribution in [3.63, 3.8) is 0 Å². The summed E-state index contributed by atoms with van der Waals surface area (Å²) in [7, 11) is -9.87. The van der Waals surface area contributed by atoms with E-state index in [-0.39, 0.29) is 25.7 Å². The van der Waals surface area contributed by atoms with E-state index in [0.29, 0.717) is 25.7 Å². The quantitative estimate of drug-likeness (QED) is 0.0222. The summed E-state index contributed by atoms with van der Waals surface area (Å²) >= 11 is 0. The first-order chi connectivity index (χ1) is 38.2. The van der Waals surface area contributed by atoms with Gasteiger partial charge in [0, 0.05) is 25.7 Å². The maximum absolute atomic E-state index is 12.9. The van der Waals surface area contributed by atoms with Gasteiger partial charge in [-0.05, 0) is 25.7 Å². The molecule has 2 unspecified atom stereocenters. The lowest BCUT2D eigenvalue weighted by Gasteiger charge is -2.21. The zero-order valence-electron chi connectivity index (χ0n) is 50.3. The van der Waals surface area contributed by atoms with Crippen LogP contribution in [0.1, 0.15) is 304 Å². The van der Waals surface area contributed by atoms with Gasteiger partial charge in [-0.25, -0.2) is 9.13 Å². The molecule has 0 aliphatic heterocycles. The summed E-state index contributed by atoms with van der Waals surface area (Å²) in [6.07, 6.45) is 38.8. The topological polar surface area (TPSA) is 237 Å². The lowest BCUT2D eigenvalue weighted by Crippen LogP contribution is -2.30. The number of unbranched alkanes of at least 4 members (excludes halogenated alkanes) is 35. The standard InChI is InChI=1S/C60H116O17P2/c1-5-9-13-17-21-25-27-31-35-39-43-47-60(65)77-56(51-71-58(63)45-41-37-33-30-26-22-18-14-10-6-2)53-75-79(68,69)73-49-54(61)48-72-78(66,67)74-52-55(76-59(64)46-42-38-34-29-24-20-16-12-8-4)50-70-57(62)44-40-36-32-28-23-19-15-11-7-3/h54-56,61H,5-53H2,1-4H3,(H,66,67)(H,68,69)/t54-,55+,56+/m0/s1. The van der Waals surface area contributed by atoms with Crippen molar-refractivity contribution in [2.45, 2.75) is 322 Å². The fourth-order valence-electron chi connectivity index (χ4n) is 8.93. The molecule has 0 aromatic rings. The predicted octanol–water partition coefficient (Wildman–Crippen LogP) is 16.4. The van der Waals surface area contributed by atoms with Crippen LogP contribution in [0, 0.1) is 0 Å². The molecule has 0 aliphatic rings. The normalized spacial score (nSPS) is 14.3. The van der Waals surface area contributed by atoms with Gasteiger partial charge in [0.2, 0.25) is 0 Å². The number of hydrogen-bond donors (Lipinski definition) is 3. The lowest BCUT2D eigenvalue weighted by atomic mass is 10.1. The minimum Gasteiger partial charge on any atom is -0.462 e. The second-order valence-corrected chi connectivity index (χ2v) is 24.6. The zero-order valence-corrected chi connectivity index (χ0v) is 52.1. The first-order valence-corrected chi connectivity index (χ1v) is 34.8. The van der Waals surface area contributed by atoms with Crippen molar-refractivity contribution in [1.82, 2.24) is 0 Å². The van der Waals surface area contributed by atoms with Gasteiger partial charge in [-0.15, -0.1) is 0 Å². The Balaban J connectivity index is 5.22. The summed E-state index contributed by atoms with van der Waals surface area (Å²) in [6, 6.07) is 0. The molecule has 468 valence electrons. The van der Waals surface area contributed by atoms with E-state index in [1.54, 1.807) is 0 Å². The highest BCUT2D eigenvalue weighted by atomic mass is 31.2. The van der Waals surface area contributed by atoms with Crippen molar-refractivity contribution < 1.29 is 80.2 Å². The van der Waals surface area contributed by atoms with Gasteiger partial charge in [-0.2, -0.15) is 0 Å². The number of aliphatic hydroxyl groups excluding tert-OH is 1. The number of aliphatic hydroxyl groups is 1. The van der Waals surface area contributed by atoms with Crippen molar-refractivity contribution in [3.05, 3.63) is 0 Å². The van der Waals surface area contributed by atoms with E-state index in [2.05, 4.69) is 27.7 Å². The number of carbonyl (C=O) groups excluding carboxylic acids is 4. The van der Waals surface area contributed by atoms with E-state index >= 15 is 0 Å². The minimum absolute atomic E-state index is 0.106. The number of hydrogen-bond acceptors (Lipinski definition) is 15. The van der Waals surface area contributed by atoms with Gasteiger partial charge in [-0.1, -0.05) is 252 Å². The molecule has 0 saturated carbocycles. The van der Waals surface area contributed by atoms with Crippen molar-refractivity contribution in [3.8, 4) is 0 Å². The van der Waals surface area contributed by atoms with Crippen LogP contribution in [0.5, 0.6) is 0 Å². The van der Waals surface area contributed by atoms with E-state index in [4.69, 9.17) is 37.0 Å². The highest BCUT2D eigenvalue weighted by Crippen LogP contribution is 2.45. The van der Waals surface area contributed by atoms with E-state index in [1.165, 1.54) is 135 Å². The predicted molar refractivity (Wildman–Crippen MR) is 312 cm³/mol. The van der Waals surface area contributed by atoms with Crippen LogP contribution in [0.4, 0.5) is 0 Å². The van der Waals surface area contributed by atoms with Gasteiger partial charge < -0.3 is 33.8 Å². The SMILES string of the molecule is CCCCCCCCCCCCCC(=O)O[C@H](COC(=O)CCCCCCCCCCCC)COP(=O)(O)OC[C@@H](O)COP(=O)(O)OC[C@@H](COC(=O)CCCCCCCCCCC)OC(=O)CCCCCCCCCCC. The molecule has 0 aromatic heterocycles. The molecule has 0 aliphatic carbocycles. The third-order valence-electron chi connectivity index (χ3n) is 13.9. The minimum atomic E-state index is -4.94. The van der Waals surface area contributed by atoms with Crippen LogP contribution in [0.3, 0.4) is 0 Å². The highest BCUT2D eigenvalue weighted by Gasteiger charge is 2.30. The summed E-state index contributed by atoms with van der Waals surface area (Å²) in [5.41, 5.74) is 0. The van der Waals surface area contributed by atoms with Crippen LogP contribution in [0.25, 0.3) is 0 Å². The van der Waals surface area contributed by atoms with Crippen molar-refractivity contribution in [1.29, 1.82) is 0 Å². The molecular weight excluding hydrogens is 1050 g/mol. The average molecular weight is 1170 g/mol. The first-order valence-electron chi connectivity index (χ1n) is 31.8. The molecule has 0 amide bonds. The third kappa shape index (κ3) is 55.0. The zero-order chi connectivity index (χ0) is 58.3. The Hall–Kier alpha value is -1.94. The monoisotopic (exact) mass is 1170 g/mol. The van der Waals surface area contributed by atoms with Crippen LogP contribution in [-0.4, -0.2) is 96.7 Å². The Morgan fingerprint density at radius 3 is 0.747 bits per heavy atom. The molecule has 0 heterocycles. The van der Waals surface area contributed by atoms with Gasteiger partial charge >= 0.3 is 39.5 Å². The number of carbonyl (C=O) groups is 4. The van der Waals surface area contributed by atoms with Crippen molar-refractivity contribution >= 4 is 39.5 Å². The molecule has 0 fully saturated rings. The maximum Gasteiger partial charge on any atom is 0.472 e. The molecule has 19 heteroatoms. The third-order valence-corrected chi connectivity index (χ3v) is 15.8. The van der Waals surface area contributed by atoms with Gasteiger partial charge in [0.15, 0.2) is 12.2 Å². The lowest BCUT2D eigenvalue weighted by molar-refractivity contribution is -0.161. The molecule has 3 N–H and O–H groups in total. The summed E-state index contributed by atoms with van der Waals surface area (Å²) in [4.78, 5) is 71.9. The molecular formula is C60H116O17P2. The molecule has 0 spiro atoms. The Bertz CT molecular complexity index is 1540. The maximum atomic E-state index is 12.9. The molecule has 0 bridgehead atoms. The van der Waals surface area contributed by atoms with Crippen LogP contribution < -0.4 is 0 Å². The van der Waals surface area contributed by atoms with Crippen LogP contribution in [-0.2, 0) is 65.4 Å². The first kappa shape index (κ1) is 77.1. The number of esters is 4. The number of ether oxygens (including phenoxy) is 4. The molecule has 0 rings (SSSR count). The van der Waals surface area contributed by atoms with E-state index in [0.717, 1.165) is 89.9 Å². The fourth-order valence-corrected chi connectivity index (χ4v) is 10.5. The summed E-state index contributed by atoms with van der Waals surface area (Å²) in [5, 5.41) is 10.5. The van der Waals surface area contributed by atoms with Gasteiger partial charge in [0.05, 0.1) is 26.4 Å². The fraction of sp³-hybridized carbons (Fsp3) is 0.933. The van der Waals surface area contributed by atoms with Gasteiger partial charge in [-0.3, -0.25) is 37.3 Å². The van der Waals surface area contributed by atoms with Gasteiger partial charge in [0.1, 0.15) is 19.3 Å². The molecule has 0 radical (unpaired) electrons. The van der Waals surface area contributed by atoms with Crippen LogP contribution >= 0.6 is 15.6 Å². The smallest absolute Gasteiger partial charge is 0.462 e. The van der Waals surface area contributed by atoms with E-state index < -0.39 is 97.5 Å². The average Bonchev–Trinajstić information content (AvgIpc) is 3.42. The Labute approximate surface area is 479 Å². The Morgan fingerprint density at radius 1 is 0.304 bits per heavy atom.